The number of thioether (sulfide) groups is 1. The van der Waals surface area contributed by atoms with Crippen LogP contribution in [0.15, 0.2) is 82.6 Å². The molecule has 3 aromatic rings. The van der Waals surface area contributed by atoms with Crippen LogP contribution in [-0.2, 0) is 54.3 Å². The molecule has 0 aliphatic carbocycles. The number of benzene rings is 3. The summed E-state index contributed by atoms with van der Waals surface area (Å²) in [5.74, 6) is -0.813. The predicted octanol–water partition coefficient (Wildman–Crippen LogP) is 12.8. The standard InChI is InChI=1S/C12H16F3O5PS.C12H16F3O3PS.C7H5ClO3.CHCl3/c1-3-19-21(16,20-4-2)9-10-5-7-11(8-6-10)22(17,18)12(13,14)15;1-3-17-19(16,18-4-2)9-10-5-7-11(8-6-10)20-12(13,14)15;8-6-3-1-2-5(4-6)7(9)11-10;2-1(3)4/h5-8H,3-4,9H2,1-2H3;5-8H,3-4,9H2,1-2H3;1-4,10H;1H. The van der Waals surface area contributed by atoms with E-state index < -0.39 is 51.2 Å². The topological polar surface area (TPSA) is 152 Å². The maximum Gasteiger partial charge on any atom is 0.501 e. The van der Waals surface area contributed by atoms with E-state index in [4.69, 9.17) is 69.8 Å². The Morgan fingerprint density at radius 1 is 0.737 bits per heavy atom. The number of hydrogen-bond donors (Lipinski definition) is 1. The van der Waals surface area contributed by atoms with Crippen molar-refractivity contribution in [3.05, 3.63) is 94.5 Å². The van der Waals surface area contributed by atoms with Gasteiger partial charge in [0, 0.05) is 9.92 Å². The van der Waals surface area contributed by atoms with Crippen molar-refractivity contribution in [1.29, 1.82) is 0 Å². The first-order valence-corrected chi connectivity index (χ1v) is 23.3. The molecular weight excluding hydrogens is 942 g/mol. The fraction of sp³-hybridized carbons (Fsp3) is 0.406. The Kier molecular flexibility index (Phi) is 25.9. The Balaban J connectivity index is 0.000000820. The van der Waals surface area contributed by atoms with Crippen molar-refractivity contribution in [2.75, 3.05) is 26.4 Å². The highest BCUT2D eigenvalue weighted by atomic mass is 35.6. The molecule has 0 saturated carbocycles. The van der Waals surface area contributed by atoms with Crippen LogP contribution < -0.4 is 0 Å². The van der Waals surface area contributed by atoms with Gasteiger partial charge in [0.2, 0.25) is 0 Å². The quantitative estimate of drug-likeness (QED) is 0.0385. The van der Waals surface area contributed by atoms with Gasteiger partial charge in [0.05, 0.1) is 49.2 Å². The van der Waals surface area contributed by atoms with E-state index in [0.717, 1.165) is 24.3 Å². The van der Waals surface area contributed by atoms with E-state index in [-0.39, 0.29) is 61.0 Å². The van der Waals surface area contributed by atoms with Gasteiger partial charge < -0.3 is 18.1 Å². The van der Waals surface area contributed by atoms with Crippen LogP contribution in [0.2, 0.25) is 5.02 Å². The fourth-order valence-corrected chi connectivity index (χ4v) is 8.76. The molecule has 0 fully saturated rings. The van der Waals surface area contributed by atoms with Gasteiger partial charge in [0.25, 0.3) is 9.84 Å². The van der Waals surface area contributed by atoms with Crippen LogP contribution in [-0.4, -0.2) is 61.4 Å². The molecule has 25 heteroatoms. The minimum absolute atomic E-state index is 0.0473. The van der Waals surface area contributed by atoms with Gasteiger partial charge in [0.15, 0.2) is 4.30 Å². The number of carbonyl (C=O) groups is 1. The van der Waals surface area contributed by atoms with Crippen LogP contribution >= 0.6 is 73.4 Å². The molecule has 0 spiro atoms. The van der Waals surface area contributed by atoms with Crippen molar-refractivity contribution in [3.8, 4) is 0 Å². The van der Waals surface area contributed by atoms with Crippen molar-refractivity contribution in [1.82, 2.24) is 0 Å². The normalized spacial score (nSPS) is 12.0. The average molecular weight is 981 g/mol. The van der Waals surface area contributed by atoms with Gasteiger partial charge in [0.1, 0.15) is 0 Å². The number of halogens is 10. The Morgan fingerprint density at radius 2 is 1.12 bits per heavy atom. The Labute approximate surface area is 350 Å². The molecule has 0 aliphatic heterocycles. The van der Waals surface area contributed by atoms with E-state index in [1.807, 2.05) is 0 Å². The van der Waals surface area contributed by atoms with Gasteiger partial charge in [-0.25, -0.2) is 13.2 Å². The molecule has 11 nitrogen and oxygen atoms in total. The Bertz CT molecular complexity index is 1820. The summed E-state index contributed by atoms with van der Waals surface area (Å²) in [6, 6.07) is 15.7. The third-order valence-electron chi connectivity index (χ3n) is 5.89. The molecule has 0 aromatic heterocycles. The van der Waals surface area contributed by atoms with Crippen LogP contribution in [0, 0.1) is 0 Å². The predicted molar refractivity (Wildman–Crippen MR) is 208 cm³/mol. The number of carbonyl (C=O) groups excluding carboxylic acids is 1. The van der Waals surface area contributed by atoms with E-state index in [0.29, 0.717) is 16.1 Å². The Hall–Kier alpha value is -1.57. The molecule has 0 amide bonds. The van der Waals surface area contributed by atoms with Crippen molar-refractivity contribution < 1.29 is 76.9 Å². The van der Waals surface area contributed by atoms with Gasteiger partial charge in [-0.2, -0.15) is 31.6 Å². The van der Waals surface area contributed by atoms with Crippen molar-refractivity contribution in [3.63, 3.8) is 0 Å². The van der Waals surface area contributed by atoms with Gasteiger partial charge in [-0.05, 0) is 93.0 Å². The van der Waals surface area contributed by atoms with E-state index in [1.165, 1.54) is 36.4 Å². The van der Waals surface area contributed by atoms with Crippen LogP contribution in [0.5, 0.6) is 0 Å². The average Bonchev–Trinajstić information content (AvgIpc) is 3.08. The molecular formula is C32H38Cl4F6O11P2S2. The summed E-state index contributed by atoms with van der Waals surface area (Å²) in [4.78, 5) is 13.3. The lowest BCUT2D eigenvalue weighted by molar-refractivity contribution is -0.182. The first kappa shape index (κ1) is 55.4. The first-order chi connectivity index (χ1) is 26.3. The van der Waals surface area contributed by atoms with E-state index >= 15 is 0 Å². The van der Waals surface area contributed by atoms with Crippen molar-refractivity contribution >= 4 is 89.2 Å². The number of hydrogen-bond acceptors (Lipinski definition) is 12. The molecule has 3 rings (SSSR count). The zero-order valence-corrected chi connectivity index (χ0v) is 36.7. The molecule has 0 heterocycles. The molecule has 324 valence electrons. The van der Waals surface area contributed by atoms with E-state index in [2.05, 4.69) is 4.89 Å². The summed E-state index contributed by atoms with van der Waals surface area (Å²) < 4.78 is 140. The second kappa shape index (κ2) is 26.6. The minimum Gasteiger partial charge on any atom is -0.309 e. The maximum absolute atomic E-state index is 12.4. The van der Waals surface area contributed by atoms with Crippen LogP contribution in [0.25, 0.3) is 0 Å². The highest BCUT2D eigenvalue weighted by molar-refractivity contribution is 8.00. The summed E-state index contributed by atoms with van der Waals surface area (Å²) in [7, 11) is -12.0. The smallest absolute Gasteiger partial charge is 0.309 e. The lowest BCUT2D eigenvalue weighted by Gasteiger charge is -2.17. The van der Waals surface area contributed by atoms with Crippen LogP contribution in [0.3, 0.4) is 0 Å². The first-order valence-electron chi connectivity index (χ1n) is 15.9. The van der Waals surface area contributed by atoms with E-state index in [1.54, 1.807) is 39.8 Å². The molecule has 0 saturated heterocycles. The SMILES string of the molecule is CCOP(=O)(Cc1ccc(S(=O)(=O)C(F)(F)F)cc1)OCC.CCOP(=O)(Cc1ccc(SC(F)(F)F)cc1)OCC.ClC(Cl)Cl.O=C(OO)c1cccc(Cl)c1. The third kappa shape index (κ3) is 23.1. The molecule has 0 atom stereocenters. The third-order valence-corrected chi connectivity index (χ3v) is 12.5. The van der Waals surface area contributed by atoms with Crippen LogP contribution in [0.4, 0.5) is 26.3 Å². The van der Waals surface area contributed by atoms with Gasteiger partial charge >= 0.3 is 32.2 Å². The minimum atomic E-state index is -5.39. The number of alkyl halides is 9. The highest BCUT2D eigenvalue weighted by Crippen LogP contribution is 2.52. The van der Waals surface area contributed by atoms with E-state index in [9.17, 15) is 48.7 Å². The lowest BCUT2D eigenvalue weighted by atomic mass is 10.2. The van der Waals surface area contributed by atoms with Crippen molar-refractivity contribution in [2.24, 2.45) is 0 Å². The molecule has 0 unspecified atom stereocenters. The van der Waals surface area contributed by atoms with Crippen molar-refractivity contribution in [2.45, 2.75) is 65.1 Å². The molecule has 0 aliphatic rings. The second-order valence-corrected chi connectivity index (χ2v) is 19.7. The molecule has 0 radical (unpaired) electrons. The number of sulfone groups is 1. The Morgan fingerprint density at radius 3 is 1.44 bits per heavy atom. The van der Waals surface area contributed by atoms with Crippen LogP contribution in [0.1, 0.15) is 49.2 Å². The van der Waals surface area contributed by atoms with Gasteiger partial charge in [-0.3, -0.25) is 14.0 Å². The largest absolute Gasteiger partial charge is 0.501 e. The maximum atomic E-state index is 12.4. The second-order valence-electron chi connectivity index (χ2n) is 10.1. The summed E-state index contributed by atoms with van der Waals surface area (Å²) in [6.07, 6.45) is -0.104. The number of rotatable bonds is 15. The zero-order chi connectivity index (χ0) is 44.1. The lowest BCUT2D eigenvalue weighted by Crippen LogP contribution is -2.23. The molecule has 3 aromatic carbocycles. The molecule has 1 N–H and O–H groups in total. The fourth-order valence-electron chi connectivity index (χ4n) is 3.86. The molecule has 57 heavy (non-hydrogen) atoms. The van der Waals surface area contributed by atoms with Gasteiger partial charge in [-0.15, -0.1) is 0 Å². The highest BCUT2D eigenvalue weighted by Gasteiger charge is 2.46. The monoisotopic (exact) mass is 978 g/mol. The summed E-state index contributed by atoms with van der Waals surface area (Å²) >= 11 is 19.8. The summed E-state index contributed by atoms with van der Waals surface area (Å²) in [5, 5.41) is 8.41. The summed E-state index contributed by atoms with van der Waals surface area (Å²) in [6.45, 7) is 7.47. The summed E-state index contributed by atoms with van der Waals surface area (Å²) in [5.41, 5.74) is -8.48. The molecule has 0 bridgehead atoms. The zero-order valence-electron chi connectivity index (χ0n) is 30.3. The van der Waals surface area contributed by atoms with Gasteiger partial charge in [-0.1, -0.05) is 76.7 Å².